The lowest BCUT2D eigenvalue weighted by Gasteiger charge is -2.22. The largest absolute Gasteiger partial charge is 0.389 e. The van der Waals surface area contributed by atoms with Crippen molar-refractivity contribution < 1.29 is 5.11 Å². The Bertz CT molecular complexity index is 315. The summed E-state index contributed by atoms with van der Waals surface area (Å²) in [6, 6.07) is 1.99. The second kappa shape index (κ2) is 4.33. The van der Waals surface area contributed by atoms with Gasteiger partial charge in [0.15, 0.2) is 0 Å². The van der Waals surface area contributed by atoms with Crippen LogP contribution in [0.25, 0.3) is 0 Å². The summed E-state index contributed by atoms with van der Waals surface area (Å²) >= 11 is 0. The summed E-state index contributed by atoms with van der Waals surface area (Å²) in [6.45, 7) is 1.42. The molecule has 0 saturated heterocycles. The van der Waals surface area contributed by atoms with E-state index >= 15 is 0 Å². The Balaban J connectivity index is 1.75. The van der Waals surface area contributed by atoms with Crippen molar-refractivity contribution >= 4 is 0 Å². The molecule has 0 unspecified atom stereocenters. The smallest absolute Gasteiger partial charge is 0.0771 e. The van der Waals surface area contributed by atoms with Crippen LogP contribution in [-0.4, -0.2) is 27.0 Å². The average molecular weight is 209 g/mol. The molecule has 84 valence electrons. The molecule has 0 bridgehead atoms. The molecule has 0 atom stereocenters. The number of aliphatic hydroxyl groups is 1. The van der Waals surface area contributed by atoms with Crippen molar-refractivity contribution in [2.45, 2.75) is 37.8 Å². The summed E-state index contributed by atoms with van der Waals surface area (Å²) in [5.74, 6) is 0. The van der Waals surface area contributed by atoms with Crippen LogP contribution >= 0.6 is 0 Å². The summed E-state index contributed by atoms with van der Waals surface area (Å²) in [6.07, 6.45) is 6.11. The summed E-state index contributed by atoms with van der Waals surface area (Å²) in [5.41, 5.74) is 0.563. The van der Waals surface area contributed by atoms with E-state index in [1.165, 1.54) is 0 Å². The normalized spacial score (nSPS) is 19.6. The molecule has 4 nitrogen and oxygen atoms in total. The maximum Gasteiger partial charge on any atom is 0.0771 e. The quantitative estimate of drug-likeness (QED) is 0.771. The Kier molecular flexibility index (Phi) is 3.07. The molecule has 1 saturated carbocycles. The van der Waals surface area contributed by atoms with Gasteiger partial charge < -0.3 is 10.4 Å². The molecular weight excluding hydrogens is 190 g/mol. The number of aromatic nitrogens is 2. The molecule has 1 aromatic heterocycles. The summed E-state index contributed by atoms with van der Waals surface area (Å²) < 4.78 is 1.79. The number of aryl methyl sites for hydroxylation is 1. The van der Waals surface area contributed by atoms with Gasteiger partial charge in [-0.2, -0.15) is 5.10 Å². The SMILES string of the molecule is Cn1ccc(CNCC2(O)CCCC2)n1. The first kappa shape index (κ1) is 10.6. The van der Waals surface area contributed by atoms with Crippen LogP contribution in [0.15, 0.2) is 12.3 Å². The van der Waals surface area contributed by atoms with Gasteiger partial charge in [-0.25, -0.2) is 0 Å². The van der Waals surface area contributed by atoms with Crippen molar-refractivity contribution in [2.24, 2.45) is 7.05 Å². The van der Waals surface area contributed by atoms with E-state index in [1.54, 1.807) is 4.68 Å². The molecule has 0 aromatic carbocycles. The lowest BCUT2D eigenvalue weighted by atomic mass is 10.0. The van der Waals surface area contributed by atoms with Crippen molar-refractivity contribution in [1.29, 1.82) is 0 Å². The van der Waals surface area contributed by atoms with Crippen LogP contribution in [-0.2, 0) is 13.6 Å². The third kappa shape index (κ3) is 2.79. The van der Waals surface area contributed by atoms with Crippen LogP contribution in [0, 0.1) is 0 Å². The van der Waals surface area contributed by atoms with E-state index in [-0.39, 0.29) is 0 Å². The lowest BCUT2D eigenvalue weighted by molar-refractivity contribution is 0.0474. The first-order valence-electron chi connectivity index (χ1n) is 5.60. The van der Waals surface area contributed by atoms with Crippen molar-refractivity contribution in [3.05, 3.63) is 18.0 Å². The minimum atomic E-state index is -0.464. The maximum atomic E-state index is 10.1. The summed E-state index contributed by atoms with van der Waals surface area (Å²) in [5, 5.41) is 17.6. The highest BCUT2D eigenvalue weighted by atomic mass is 16.3. The van der Waals surface area contributed by atoms with E-state index in [4.69, 9.17) is 0 Å². The number of nitrogens with zero attached hydrogens (tertiary/aromatic N) is 2. The molecule has 1 aromatic rings. The van der Waals surface area contributed by atoms with E-state index in [0.717, 1.165) is 37.9 Å². The van der Waals surface area contributed by atoms with E-state index in [1.807, 2.05) is 19.3 Å². The van der Waals surface area contributed by atoms with Gasteiger partial charge in [0.2, 0.25) is 0 Å². The second-order valence-corrected chi connectivity index (χ2v) is 4.52. The Morgan fingerprint density at radius 3 is 2.87 bits per heavy atom. The standard InChI is InChI=1S/C11H19N3O/c1-14-7-4-10(13-14)8-12-9-11(15)5-2-3-6-11/h4,7,12,15H,2-3,5-6,8-9H2,1H3. The number of hydrogen-bond donors (Lipinski definition) is 2. The fourth-order valence-corrected chi connectivity index (χ4v) is 2.19. The summed E-state index contributed by atoms with van der Waals surface area (Å²) in [7, 11) is 1.91. The predicted molar refractivity (Wildman–Crippen MR) is 58.3 cm³/mol. The molecule has 1 fully saturated rings. The lowest BCUT2D eigenvalue weighted by Crippen LogP contribution is -2.37. The minimum Gasteiger partial charge on any atom is -0.389 e. The molecule has 15 heavy (non-hydrogen) atoms. The molecular formula is C11H19N3O. The Labute approximate surface area is 90.3 Å². The first-order valence-corrected chi connectivity index (χ1v) is 5.60. The third-order valence-electron chi connectivity index (χ3n) is 3.06. The molecule has 0 amide bonds. The zero-order valence-electron chi connectivity index (χ0n) is 9.24. The maximum absolute atomic E-state index is 10.1. The molecule has 0 aliphatic heterocycles. The van der Waals surface area contributed by atoms with E-state index < -0.39 is 5.60 Å². The molecule has 0 spiro atoms. The number of hydrogen-bond acceptors (Lipinski definition) is 3. The van der Waals surface area contributed by atoms with E-state index in [2.05, 4.69) is 10.4 Å². The van der Waals surface area contributed by atoms with Crippen LogP contribution in [0.3, 0.4) is 0 Å². The van der Waals surface area contributed by atoms with Gasteiger partial charge in [0.1, 0.15) is 0 Å². The third-order valence-corrected chi connectivity index (χ3v) is 3.06. The molecule has 1 aliphatic rings. The Morgan fingerprint density at radius 1 is 1.53 bits per heavy atom. The molecule has 4 heteroatoms. The van der Waals surface area contributed by atoms with Gasteiger partial charge in [0.05, 0.1) is 11.3 Å². The van der Waals surface area contributed by atoms with Crippen molar-refractivity contribution in [3.8, 4) is 0 Å². The zero-order chi connectivity index (χ0) is 10.7. The Hall–Kier alpha value is -0.870. The van der Waals surface area contributed by atoms with Gasteiger partial charge >= 0.3 is 0 Å². The van der Waals surface area contributed by atoms with Crippen molar-refractivity contribution in [2.75, 3.05) is 6.54 Å². The average Bonchev–Trinajstić information content (AvgIpc) is 2.76. The molecule has 1 aliphatic carbocycles. The van der Waals surface area contributed by atoms with Gasteiger partial charge in [-0.1, -0.05) is 12.8 Å². The van der Waals surface area contributed by atoms with Gasteiger partial charge in [0.25, 0.3) is 0 Å². The fourth-order valence-electron chi connectivity index (χ4n) is 2.19. The van der Waals surface area contributed by atoms with Crippen LogP contribution in [0.5, 0.6) is 0 Å². The van der Waals surface area contributed by atoms with Crippen molar-refractivity contribution in [3.63, 3.8) is 0 Å². The fraction of sp³-hybridized carbons (Fsp3) is 0.727. The van der Waals surface area contributed by atoms with Gasteiger partial charge in [-0.3, -0.25) is 4.68 Å². The molecule has 0 radical (unpaired) electrons. The van der Waals surface area contributed by atoms with Gasteiger partial charge in [-0.05, 0) is 18.9 Å². The van der Waals surface area contributed by atoms with Gasteiger partial charge in [-0.15, -0.1) is 0 Å². The van der Waals surface area contributed by atoms with Gasteiger partial charge in [0, 0.05) is 26.3 Å². The minimum absolute atomic E-state index is 0.464. The highest BCUT2D eigenvalue weighted by Crippen LogP contribution is 2.28. The molecule has 2 rings (SSSR count). The van der Waals surface area contributed by atoms with E-state index in [0.29, 0.717) is 6.54 Å². The highest BCUT2D eigenvalue weighted by Gasteiger charge is 2.30. The first-order chi connectivity index (χ1) is 7.18. The summed E-state index contributed by atoms with van der Waals surface area (Å²) in [4.78, 5) is 0. The molecule has 1 heterocycles. The monoisotopic (exact) mass is 209 g/mol. The highest BCUT2D eigenvalue weighted by molar-refractivity contribution is 4.98. The Morgan fingerprint density at radius 2 is 2.27 bits per heavy atom. The number of nitrogens with one attached hydrogen (secondary N) is 1. The van der Waals surface area contributed by atoms with Crippen molar-refractivity contribution in [1.82, 2.24) is 15.1 Å². The molecule has 2 N–H and O–H groups in total. The van der Waals surface area contributed by atoms with Crippen LogP contribution < -0.4 is 5.32 Å². The van der Waals surface area contributed by atoms with Crippen LogP contribution in [0.1, 0.15) is 31.4 Å². The van der Waals surface area contributed by atoms with E-state index in [9.17, 15) is 5.11 Å². The van der Waals surface area contributed by atoms with Crippen LogP contribution in [0.4, 0.5) is 0 Å². The second-order valence-electron chi connectivity index (χ2n) is 4.52. The zero-order valence-corrected chi connectivity index (χ0v) is 9.24. The van der Waals surface area contributed by atoms with Crippen LogP contribution in [0.2, 0.25) is 0 Å². The topological polar surface area (TPSA) is 50.1 Å². The number of rotatable bonds is 4. The predicted octanol–water partition coefficient (Wildman–Crippen LogP) is 0.815.